The van der Waals surface area contributed by atoms with Crippen molar-refractivity contribution in [1.29, 1.82) is 0 Å². The fraction of sp³-hybridized carbons (Fsp3) is 0.429. The van der Waals surface area contributed by atoms with E-state index in [1.165, 1.54) is 0 Å². The van der Waals surface area contributed by atoms with Crippen LogP contribution in [-0.2, 0) is 18.6 Å². The average Bonchev–Trinajstić information content (AvgIpc) is 3.58. The van der Waals surface area contributed by atoms with Gasteiger partial charge in [0.05, 0.1) is 17.1 Å². The number of hydrogen-bond acceptors (Lipinski definition) is 9. The molecule has 0 bridgehead atoms. The highest BCUT2D eigenvalue weighted by atomic mass is 16.7. The van der Waals surface area contributed by atoms with Crippen LogP contribution in [0.1, 0.15) is 57.1 Å². The number of H-pyrrole nitrogens is 1. The van der Waals surface area contributed by atoms with Crippen LogP contribution in [0.3, 0.4) is 0 Å². The molecule has 0 aliphatic carbocycles. The molecule has 11 nitrogen and oxygen atoms in total. The van der Waals surface area contributed by atoms with Gasteiger partial charge in [0.15, 0.2) is 28.8 Å². The van der Waals surface area contributed by atoms with E-state index in [9.17, 15) is 4.79 Å². The summed E-state index contributed by atoms with van der Waals surface area (Å²) in [5.41, 5.74) is 1.91. The number of benzene rings is 2. The van der Waals surface area contributed by atoms with Crippen LogP contribution in [-0.4, -0.2) is 50.1 Å². The van der Waals surface area contributed by atoms with E-state index in [0.29, 0.717) is 48.9 Å². The van der Waals surface area contributed by atoms with Crippen molar-refractivity contribution in [2.24, 2.45) is 0 Å². The number of fused-ring (bicyclic) bond motifs is 3. The lowest BCUT2D eigenvalue weighted by molar-refractivity contribution is 0.153. The summed E-state index contributed by atoms with van der Waals surface area (Å²) in [6.07, 6.45) is 0.741. The van der Waals surface area contributed by atoms with E-state index in [0.717, 1.165) is 34.7 Å². The molecule has 6 rings (SSSR count). The van der Waals surface area contributed by atoms with E-state index >= 15 is 0 Å². The lowest BCUT2D eigenvalue weighted by atomic mass is 10.0. The standard InChI is InChI=1S/C28H32N6O5/c1-5-21(26-30-31-32-34(26)28(2,3)4)33(14-17-6-7-22-23(10-17)39-16-38-22)15-19-11-18-12-24-25(37-9-8-36-24)13-20(18)29-27(19)35/h6-7,10-13,21H,5,8-9,14-16H2,1-4H3,(H,29,35)/t21-/m0/s1. The maximum atomic E-state index is 13.3. The van der Waals surface area contributed by atoms with E-state index in [2.05, 4.69) is 53.1 Å². The number of tetrazole rings is 1. The molecule has 0 unspecified atom stereocenters. The van der Waals surface area contributed by atoms with Gasteiger partial charge in [0.2, 0.25) is 6.79 Å². The lowest BCUT2D eigenvalue weighted by Gasteiger charge is -2.32. The topological polar surface area (TPSA) is 117 Å². The Labute approximate surface area is 225 Å². The first kappa shape index (κ1) is 25.2. The number of pyridine rings is 1. The molecule has 2 aliphatic rings. The van der Waals surface area contributed by atoms with Gasteiger partial charge in [0.25, 0.3) is 5.56 Å². The molecule has 0 fully saturated rings. The van der Waals surface area contributed by atoms with Gasteiger partial charge in [-0.2, -0.15) is 0 Å². The van der Waals surface area contributed by atoms with Gasteiger partial charge in [-0.05, 0) is 67.4 Å². The van der Waals surface area contributed by atoms with Crippen molar-refractivity contribution in [1.82, 2.24) is 30.1 Å². The summed E-state index contributed by atoms with van der Waals surface area (Å²) in [7, 11) is 0. The van der Waals surface area contributed by atoms with E-state index in [4.69, 9.17) is 18.9 Å². The third kappa shape index (κ3) is 4.89. The maximum absolute atomic E-state index is 13.3. The Hall–Kier alpha value is -4.12. The van der Waals surface area contributed by atoms with Crippen LogP contribution in [0, 0.1) is 0 Å². The number of ether oxygens (including phenoxy) is 4. The summed E-state index contributed by atoms with van der Waals surface area (Å²) in [6.45, 7) is 10.4. The molecule has 11 heteroatoms. The van der Waals surface area contributed by atoms with Crippen LogP contribution < -0.4 is 24.5 Å². The second-order valence-corrected chi connectivity index (χ2v) is 10.8. The molecule has 0 saturated heterocycles. The largest absolute Gasteiger partial charge is 0.486 e. The fourth-order valence-electron chi connectivity index (χ4n) is 5.16. The molecule has 1 atom stereocenters. The average molecular weight is 533 g/mol. The first-order valence-electron chi connectivity index (χ1n) is 13.2. The summed E-state index contributed by atoms with van der Waals surface area (Å²) in [5.74, 6) is 3.52. The van der Waals surface area contributed by atoms with Crippen molar-refractivity contribution < 1.29 is 18.9 Å². The van der Waals surface area contributed by atoms with Crippen molar-refractivity contribution in [3.63, 3.8) is 0 Å². The molecule has 0 radical (unpaired) electrons. The molecule has 2 aromatic carbocycles. The number of aromatic nitrogens is 5. The maximum Gasteiger partial charge on any atom is 0.252 e. The molecule has 0 spiro atoms. The second kappa shape index (κ2) is 9.88. The zero-order valence-corrected chi connectivity index (χ0v) is 22.6. The Kier molecular flexibility index (Phi) is 6.38. The van der Waals surface area contributed by atoms with Gasteiger partial charge >= 0.3 is 0 Å². The molecule has 4 aromatic rings. The summed E-state index contributed by atoms with van der Waals surface area (Å²) in [4.78, 5) is 18.6. The number of nitrogens with zero attached hydrogens (tertiary/aromatic N) is 5. The van der Waals surface area contributed by atoms with E-state index in [1.807, 2.05) is 41.1 Å². The smallest absolute Gasteiger partial charge is 0.252 e. The van der Waals surface area contributed by atoms with E-state index in [1.54, 1.807) is 0 Å². The zero-order chi connectivity index (χ0) is 27.1. The summed E-state index contributed by atoms with van der Waals surface area (Å²) >= 11 is 0. The molecule has 1 N–H and O–H groups in total. The molecule has 4 heterocycles. The quantitative estimate of drug-likeness (QED) is 0.378. The van der Waals surface area contributed by atoms with Gasteiger partial charge in [-0.3, -0.25) is 9.69 Å². The Balaban J connectivity index is 1.40. The fourth-order valence-corrected chi connectivity index (χ4v) is 5.16. The summed E-state index contributed by atoms with van der Waals surface area (Å²) < 4.78 is 24.5. The van der Waals surface area contributed by atoms with Crippen LogP contribution in [0.15, 0.2) is 41.2 Å². The number of aromatic amines is 1. The van der Waals surface area contributed by atoms with Crippen LogP contribution in [0.5, 0.6) is 23.0 Å². The molecule has 204 valence electrons. The Morgan fingerprint density at radius 2 is 1.72 bits per heavy atom. The van der Waals surface area contributed by atoms with Gasteiger partial charge in [-0.25, -0.2) is 4.68 Å². The predicted molar refractivity (Wildman–Crippen MR) is 143 cm³/mol. The molecule has 0 amide bonds. The molecule has 2 aliphatic heterocycles. The van der Waals surface area contributed by atoms with Crippen LogP contribution in [0.25, 0.3) is 10.9 Å². The third-order valence-corrected chi connectivity index (χ3v) is 7.03. The van der Waals surface area contributed by atoms with E-state index < -0.39 is 0 Å². The molecule has 0 saturated carbocycles. The molecular weight excluding hydrogens is 500 g/mol. The van der Waals surface area contributed by atoms with Crippen LogP contribution >= 0.6 is 0 Å². The Morgan fingerprint density at radius 3 is 2.49 bits per heavy atom. The predicted octanol–water partition coefficient (Wildman–Crippen LogP) is 3.92. The number of nitrogens with one attached hydrogen (secondary N) is 1. The van der Waals surface area contributed by atoms with Crippen molar-refractivity contribution in [2.75, 3.05) is 20.0 Å². The summed E-state index contributed by atoms with van der Waals surface area (Å²) in [5, 5.41) is 13.6. The SMILES string of the molecule is CC[C@@H](c1nnnn1C(C)(C)C)N(Cc1ccc2c(c1)OCO2)Cc1cc2cc3c(cc2[nH]c1=O)OCCO3. The number of hydrogen-bond donors (Lipinski definition) is 1. The van der Waals surface area contributed by atoms with Gasteiger partial charge < -0.3 is 23.9 Å². The molecule has 2 aromatic heterocycles. The zero-order valence-electron chi connectivity index (χ0n) is 22.6. The minimum Gasteiger partial charge on any atom is -0.486 e. The number of rotatable bonds is 7. The first-order chi connectivity index (χ1) is 18.8. The van der Waals surface area contributed by atoms with Gasteiger partial charge in [-0.15, -0.1) is 5.10 Å². The highest BCUT2D eigenvalue weighted by Crippen LogP contribution is 2.36. The highest BCUT2D eigenvalue weighted by molar-refractivity contribution is 5.83. The molecular formula is C28H32N6O5. The Bertz CT molecular complexity index is 1570. The third-order valence-electron chi connectivity index (χ3n) is 7.03. The normalized spacial score (nSPS) is 15.2. The van der Waals surface area contributed by atoms with Crippen LogP contribution in [0.2, 0.25) is 0 Å². The second-order valence-electron chi connectivity index (χ2n) is 10.8. The Morgan fingerprint density at radius 1 is 0.974 bits per heavy atom. The van der Waals surface area contributed by atoms with Crippen LogP contribution in [0.4, 0.5) is 0 Å². The van der Waals surface area contributed by atoms with Gasteiger partial charge in [0.1, 0.15) is 13.2 Å². The lowest BCUT2D eigenvalue weighted by Crippen LogP contribution is -2.35. The van der Waals surface area contributed by atoms with Crippen molar-refractivity contribution in [3.05, 3.63) is 63.7 Å². The summed E-state index contributed by atoms with van der Waals surface area (Å²) in [6, 6.07) is 11.5. The van der Waals surface area contributed by atoms with E-state index in [-0.39, 0.29) is 23.9 Å². The van der Waals surface area contributed by atoms with Crippen molar-refractivity contribution >= 4 is 10.9 Å². The van der Waals surface area contributed by atoms with Crippen molar-refractivity contribution in [3.8, 4) is 23.0 Å². The van der Waals surface area contributed by atoms with Gasteiger partial charge in [0, 0.05) is 30.1 Å². The van der Waals surface area contributed by atoms with Crippen molar-refractivity contribution in [2.45, 2.75) is 58.8 Å². The monoisotopic (exact) mass is 532 g/mol. The highest BCUT2D eigenvalue weighted by Gasteiger charge is 2.30. The van der Waals surface area contributed by atoms with Gasteiger partial charge in [-0.1, -0.05) is 13.0 Å². The minimum atomic E-state index is -0.307. The minimum absolute atomic E-state index is 0.153. The molecule has 39 heavy (non-hydrogen) atoms. The first-order valence-corrected chi connectivity index (χ1v) is 13.2.